The Morgan fingerprint density at radius 1 is 1.69 bits per heavy atom. The molecule has 0 aliphatic rings. The van der Waals surface area contributed by atoms with Crippen LogP contribution >= 0.6 is 0 Å². The molecule has 2 N–H and O–H groups in total. The summed E-state index contributed by atoms with van der Waals surface area (Å²) < 4.78 is 4.80. The van der Waals surface area contributed by atoms with Crippen molar-refractivity contribution >= 4 is 6.29 Å². The molecule has 1 unspecified atom stereocenters. The number of rotatable bonds is 4. The van der Waals surface area contributed by atoms with Crippen LogP contribution in [0.5, 0.6) is 0 Å². The number of hydrogen-bond donors (Lipinski definition) is 2. The molecule has 1 aromatic heterocycles. The number of hydrogen-bond acceptors (Lipinski definition) is 4. The van der Waals surface area contributed by atoms with E-state index in [2.05, 4.69) is 10.5 Å². The molecule has 72 valence electrons. The Bertz CT molecular complexity index is 339. The third-order valence-electron chi connectivity index (χ3n) is 1.95. The summed E-state index contributed by atoms with van der Waals surface area (Å²) in [6, 6.07) is -0.336. The van der Waals surface area contributed by atoms with E-state index in [-0.39, 0.29) is 11.6 Å². The summed E-state index contributed by atoms with van der Waals surface area (Å²) in [5, 5.41) is 5.00. The fraction of sp³-hybridized carbons (Fsp3) is 0.500. The zero-order valence-corrected chi connectivity index (χ0v) is 7.59. The average molecular weight is 184 g/mol. The number of likely N-dealkylation sites (N-methyl/N-ethyl adjacent to an activating group) is 1. The monoisotopic (exact) mass is 184 g/mol. The van der Waals surface area contributed by atoms with Gasteiger partial charge in [0.1, 0.15) is 12.0 Å². The lowest BCUT2D eigenvalue weighted by Crippen LogP contribution is -2.30. The largest absolute Gasteiger partial charge is 0.384 e. The molecule has 1 heterocycles. The van der Waals surface area contributed by atoms with Gasteiger partial charge in [0.2, 0.25) is 0 Å². The number of aromatic amines is 1. The minimum Gasteiger partial charge on any atom is -0.384 e. The molecule has 0 radical (unpaired) electrons. The highest BCUT2D eigenvalue weighted by Gasteiger charge is 2.13. The third kappa shape index (κ3) is 2.06. The molecule has 0 aliphatic carbocycles. The molecule has 0 aromatic carbocycles. The zero-order chi connectivity index (χ0) is 9.84. The van der Waals surface area contributed by atoms with Crippen LogP contribution in [0.3, 0.4) is 0 Å². The normalized spacial score (nSPS) is 12.8. The molecule has 0 amide bonds. The van der Waals surface area contributed by atoms with Crippen molar-refractivity contribution in [2.45, 2.75) is 19.4 Å². The quantitative estimate of drug-likeness (QED) is 0.625. The van der Waals surface area contributed by atoms with Crippen molar-refractivity contribution < 1.29 is 9.32 Å². The molecule has 1 rings (SSSR count). The predicted octanol–water partition coefficient (Wildman–Crippen LogP) is -0.394. The molecule has 0 fully saturated rings. The van der Waals surface area contributed by atoms with Crippen molar-refractivity contribution in [1.29, 1.82) is 0 Å². The van der Waals surface area contributed by atoms with E-state index in [0.29, 0.717) is 17.7 Å². The fourth-order valence-electron chi connectivity index (χ4n) is 1.08. The summed E-state index contributed by atoms with van der Waals surface area (Å²) in [7, 11) is 1.67. The van der Waals surface area contributed by atoms with Crippen LogP contribution in [0.1, 0.15) is 11.3 Å². The lowest BCUT2D eigenvalue weighted by Gasteiger charge is -2.05. The highest BCUT2D eigenvalue weighted by molar-refractivity contribution is 5.58. The summed E-state index contributed by atoms with van der Waals surface area (Å²) in [6.07, 6.45) is 1.13. The molecule has 1 atom stereocenters. The maximum absolute atomic E-state index is 11.1. The predicted molar refractivity (Wildman–Crippen MR) is 46.7 cm³/mol. The maximum Gasteiger partial charge on any atom is 0.283 e. The van der Waals surface area contributed by atoms with Gasteiger partial charge in [0, 0.05) is 6.42 Å². The van der Waals surface area contributed by atoms with E-state index in [4.69, 9.17) is 4.52 Å². The van der Waals surface area contributed by atoms with Crippen molar-refractivity contribution in [3.8, 4) is 0 Å². The Morgan fingerprint density at radius 3 is 2.77 bits per heavy atom. The van der Waals surface area contributed by atoms with E-state index < -0.39 is 0 Å². The van der Waals surface area contributed by atoms with Crippen molar-refractivity contribution in [1.82, 2.24) is 10.5 Å². The van der Waals surface area contributed by atoms with E-state index >= 15 is 0 Å². The lowest BCUT2D eigenvalue weighted by molar-refractivity contribution is -0.109. The number of H-pyrrole nitrogens is 1. The highest BCUT2D eigenvalue weighted by atomic mass is 16.5. The van der Waals surface area contributed by atoms with Crippen LogP contribution in [-0.2, 0) is 11.2 Å². The van der Waals surface area contributed by atoms with Crippen LogP contribution in [0, 0.1) is 6.92 Å². The second kappa shape index (κ2) is 4.04. The molecular weight excluding hydrogens is 172 g/mol. The molecule has 13 heavy (non-hydrogen) atoms. The smallest absolute Gasteiger partial charge is 0.283 e. The minimum atomic E-state index is -0.336. The molecular formula is C8H12N2O3. The Morgan fingerprint density at radius 2 is 2.38 bits per heavy atom. The molecule has 0 saturated heterocycles. The zero-order valence-electron chi connectivity index (χ0n) is 7.59. The number of carbonyl (C=O) groups excluding carboxylic acids is 1. The number of aryl methyl sites for hydroxylation is 1. The number of aromatic nitrogens is 1. The van der Waals surface area contributed by atoms with E-state index in [1.54, 1.807) is 14.0 Å². The van der Waals surface area contributed by atoms with Gasteiger partial charge in [-0.15, -0.1) is 0 Å². The number of aldehydes is 1. The van der Waals surface area contributed by atoms with Gasteiger partial charge >= 0.3 is 0 Å². The topological polar surface area (TPSA) is 75.1 Å². The second-order valence-corrected chi connectivity index (χ2v) is 2.80. The van der Waals surface area contributed by atoms with Crippen molar-refractivity contribution in [2.24, 2.45) is 0 Å². The van der Waals surface area contributed by atoms with Crippen molar-refractivity contribution in [3.63, 3.8) is 0 Å². The summed E-state index contributed by atoms with van der Waals surface area (Å²) in [5.74, 6) is 0.534. The SMILES string of the molecule is CNC(C=O)Cc1c(C)o[nH]c1=O. The van der Waals surface area contributed by atoms with Gasteiger partial charge in [-0.3, -0.25) is 4.79 Å². The number of carbonyl (C=O) groups is 1. The first-order valence-corrected chi connectivity index (χ1v) is 3.98. The Hall–Kier alpha value is -1.36. The molecule has 1 aromatic rings. The number of nitrogens with one attached hydrogen (secondary N) is 2. The van der Waals surface area contributed by atoms with Crippen LogP contribution < -0.4 is 10.9 Å². The Labute approximate surface area is 75.1 Å². The van der Waals surface area contributed by atoms with Crippen LogP contribution in [0.4, 0.5) is 0 Å². The summed E-state index contributed by atoms with van der Waals surface area (Å²) in [6.45, 7) is 1.69. The van der Waals surface area contributed by atoms with Crippen molar-refractivity contribution in [3.05, 3.63) is 21.7 Å². The Kier molecular flexibility index (Phi) is 3.02. The maximum atomic E-state index is 11.1. The third-order valence-corrected chi connectivity index (χ3v) is 1.95. The molecule has 5 heteroatoms. The molecule has 0 bridgehead atoms. The van der Waals surface area contributed by atoms with E-state index in [9.17, 15) is 9.59 Å². The molecule has 0 spiro atoms. The summed E-state index contributed by atoms with van der Waals surface area (Å²) in [5.41, 5.74) is 0.256. The van der Waals surface area contributed by atoms with E-state index in [1.807, 2.05) is 0 Å². The fourth-order valence-corrected chi connectivity index (χ4v) is 1.08. The summed E-state index contributed by atoms with van der Waals surface area (Å²) >= 11 is 0. The standard InChI is InChI=1S/C8H12N2O3/c1-5-7(8(12)10-13-5)3-6(4-11)9-2/h4,6,9H,3H2,1-2H3,(H,10,12). The van der Waals surface area contributed by atoms with Crippen LogP contribution in [0.25, 0.3) is 0 Å². The second-order valence-electron chi connectivity index (χ2n) is 2.80. The van der Waals surface area contributed by atoms with Gasteiger partial charge in [0.25, 0.3) is 5.56 Å². The van der Waals surface area contributed by atoms with Gasteiger partial charge in [-0.1, -0.05) is 0 Å². The van der Waals surface area contributed by atoms with Gasteiger partial charge in [0.05, 0.1) is 11.6 Å². The first kappa shape index (κ1) is 9.73. The van der Waals surface area contributed by atoms with Gasteiger partial charge in [-0.25, -0.2) is 0 Å². The van der Waals surface area contributed by atoms with Crippen LogP contribution in [0.15, 0.2) is 9.32 Å². The molecule has 5 nitrogen and oxygen atoms in total. The van der Waals surface area contributed by atoms with E-state index in [0.717, 1.165) is 6.29 Å². The van der Waals surface area contributed by atoms with E-state index in [1.165, 1.54) is 0 Å². The van der Waals surface area contributed by atoms with Gasteiger partial charge in [-0.2, -0.15) is 5.16 Å². The van der Waals surface area contributed by atoms with Gasteiger partial charge in [0.15, 0.2) is 0 Å². The lowest BCUT2D eigenvalue weighted by atomic mass is 10.1. The average Bonchev–Trinajstić information content (AvgIpc) is 2.44. The van der Waals surface area contributed by atoms with Gasteiger partial charge in [-0.05, 0) is 14.0 Å². The first-order valence-electron chi connectivity index (χ1n) is 3.98. The van der Waals surface area contributed by atoms with Crippen LogP contribution in [-0.4, -0.2) is 24.5 Å². The molecule has 0 saturated carbocycles. The van der Waals surface area contributed by atoms with Gasteiger partial charge < -0.3 is 14.6 Å². The highest BCUT2D eigenvalue weighted by Crippen LogP contribution is 2.02. The minimum absolute atomic E-state index is 0.264. The van der Waals surface area contributed by atoms with Crippen molar-refractivity contribution in [2.75, 3.05) is 7.05 Å². The van der Waals surface area contributed by atoms with Crippen LogP contribution in [0.2, 0.25) is 0 Å². The first-order chi connectivity index (χ1) is 6.19. The Balaban J connectivity index is 2.84. The molecule has 0 aliphatic heterocycles. The summed E-state index contributed by atoms with van der Waals surface area (Å²) in [4.78, 5) is 21.6.